The van der Waals surface area contributed by atoms with Crippen molar-refractivity contribution in [2.24, 2.45) is 5.92 Å². The van der Waals surface area contributed by atoms with Crippen LogP contribution in [0.3, 0.4) is 0 Å². The van der Waals surface area contributed by atoms with E-state index in [0.29, 0.717) is 30.0 Å². The highest BCUT2D eigenvalue weighted by Gasteiger charge is 2.26. The highest BCUT2D eigenvalue weighted by molar-refractivity contribution is 5.86. The molecule has 164 valence electrons. The Bertz CT molecular complexity index is 1160. The molecule has 32 heavy (non-hydrogen) atoms. The third kappa shape index (κ3) is 5.00. The predicted octanol–water partition coefficient (Wildman–Crippen LogP) is 2.08. The molecule has 2 amide bonds. The molecule has 0 saturated heterocycles. The molecule has 4 rings (SSSR count). The van der Waals surface area contributed by atoms with Crippen molar-refractivity contribution in [3.63, 3.8) is 0 Å². The number of aromatic nitrogens is 3. The summed E-state index contributed by atoms with van der Waals surface area (Å²) in [5.41, 5.74) is 2.96. The lowest BCUT2D eigenvalue weighted by Gasteiger charge is -2.24. The summed E-state index contributed by atoms with van der Waals surface area (Å²) in [6.07, 6.45) is 3.35. The maximum atomic E-state index is 13.5. The SMILES string of the molecule is C=CC(=O)NCc1cn(-c2cccc(CNC(=O)C3COc4ccc(F)cc4C3)c2)nn1. The molecule has 0 saturated carbocycles. The number of amides is 2. The molecular formula is C23H22FN5O3. The zero-order chi connectivity index (χ0) is 22.5. The molecule has 2 heterocycles. The van der Waals surface area contributed by atoms with E-state index in [1.54, 1.807) is 16.9 Å². The first kappa shape index (κ1) is 21.2. The Hall–Kier alpha value is -4.01. The van der Waals surface area contributed by atoms with E-state index in [-0.39, 0.29) is 36.7 Å². The molecule has 0 aliphatic carbocycles. The van der Waals surface area contributed by atoms with Crippen molar-refractivity contribution in [2.75, 3.05) is 6.61 Å². The number of hydrogen-bond donors (Lipinski definition) is 2. The van der Waals surface area contributed by atoms with Crippen molar-refractivity contribution in [3.05, 3.63) is 84.0 Å². The van der Waals surface area contributed by atoms with Gasteiger partial charge in [0, 0.05) is 6.54 Å². The number of hydrogen-bond acceptors (Lipinski definition) is 5. The zero-order valence-electron chi connectivity index (χ0n) is 17.3. The quantitative estimate of drug-likeness (QED) is 0.554. The smallest absolute Gasteiger partial charge is 0.243 e. The van der Waals surface area contributed by atoms with Gasteiger partial charge in [0.2, 0.25) is 11.8 Å². The van der Waals surface area contributed by atoms with Gasteiger partial charge in [-0.3, -0.25) is 9.59 Å². The summed E-state index contributed by atoms with van der Waals surface area (Å²) in [6, 6.07) is 11.9. The topological polar surface area (TPSA) is 98.1 Å². The Morgan fingerprint density at radius 1 is 1.22 bits per heavy atom. The van der Waals surface area contributed by atoms with Gasteiger partial charge >= 0.3 is 0 Å². The number of benzene rings is 2. The van der Waals surface area contributed by atoms with E-state index < -0.39 is 0 Å². The second-order valence-electron chi connectivity index (χ2n) is 7.43. The Morgan fingerprint density at radius 2 is 2.09 bits per heavy atom. The van der Waals surface area contributed by atoms with Crippen LogP contribution in [0.4, 0.5) is 4.39 Å². The van der Waals surface area contributed by atoms with E-state index in [0.717, 1.165) is 11.3 Å². The van der Waals surface area contributed by atoms with Gasteiger partial charge in [0.15, 0.2) is 0 Å². The normalized spacial score (nSPS) is 14.7. The van der Waals surface area contributed by atoms with Crippen LogP contribution in [0, 0.1) is 11.7 Å². The molecule has 2 N–H and O–H groups in total. The van der Waals surface area contributed by atoms with E-state index in [4.69, 9.17) is 4.74 Å². The van der Waals surface area contributed by atoms with Gasteiger partial charge in [0.05, 0.1) is 24.3 Å². The van der Waals surface area contributed by atoms with Gasteiger partial charge in [-0.25, -0.2) is 9.07 Å². The second kappa shape index (κ2) is 9.42. The summed E-state index contributed by atoms with van der Waals surface area (Å²) in [5.74, 6) is -0.527. The summed E-state index contributed by atoms with van der Waals surface area (Å²) in [4.78, 5) is 23.9. The van der Waals surface area contributed by atoms with E-state index >= 15 is 0 Å². The molecule has 0 fully saturated rings. The number of nitrogens with one attached hydrogen (secondary N) is 2. The molecule has 2 aromatic carbocycles. The van der Waals surface area contributed by atoms with Crippen LogP contribution < -0.4 is 15.4 Å². The molecular weight excluding hydrogens is 413 g/mol. The summed E-state index contributed by atoms with van der Waals surface area (Å²) in [5, 5.41) is 13.7. The highest BCUT2D eigenvalue weighted by Crippen LogP contribution is 2.28. The van der Waals surface area contributed by atoms with Crippen molar-refractivity contribution in [1.29, 1.82) is 0 Å². The summed E-state index contributed by atoms with van der Waals surface area (Å²) in [6.45, 7) is 4.24. The standard InChI is InChI=1S/C23H22FN5O3/c1-2-22(30)25-12-19-13-29(28-27-19)20-5-3-4-15(8-20)11-26-23(31)17-9-16-10-18(24)6-7-21(16)32-14-17/h2-8,10,13,17H,1,9,11-12,14H2,(H,25,30)(H,26,31). The fourth-order valence-electron chi connectivity index (χ4n) is 3.43. The molecule has 1 aliphatic heterocycles. The molecule has 8 nitrogen and oxygen atoms in total. The Balaban J connectivity index is 1.35. The van der Waals surface area contributed by atoms with Gasteiger partial charge in [0.25, 0.3) is 0 Å². The van der Waals surface area contributed by atoms with E-state index in [1.807, 2.05) is 24.3 Å². The predicted molar refractivity (Wildman–Crippen MR) is 114 cm³/mol. The fourth-order valence-corrected chi connectivity index (χ4v) is 3.43. The minimum Gasteiger partial charge on any atom is -0.492 e. The second-order valence-corrected chi connectivity index (χ2v) is 7.43. The van der Waals surface area contributed by atoms with Crippen molar-refractivity contribution >= 4 is 11.8 Å². The van der Waals surface area contributed by atoms with Crippen molar-refractivity contribution in [2.45, 2.75) is 19.5 Å². The molecule has 3 aromatic rings. The van der Waals surface area contributed by atoms with Crippen LogP contribution in [0.25, 0.3) is 5.69 Å². The van der Waals surface area contributed by atoms with Gasteiger partial charge < -0.3 is 15.4 Å². The molecule has 0 radical (unpaired) electrons. The molecule has 9 heteroatoms. The van der Waals surface area contributed by atoms with Crippen molar-refractivity contribution < 1.29 is 18.7 Å². The first-order valence-corrected chi connectivity index (χ1v) is 10.1. The van der Waals surface area contributed by atoms with Crippen LogP contribution in [0.15, 0.2) is 61.3 Å². The van der Waals surface area contributed by atoms with Crippen LogP contribution in [0.1, 0.15) is 16.8 Å². The Labute approximate surface area is 184 Å². The minimum atomic E-state index is -0.379. The highest BCUT2D eigenvalue weighted by atomic mass is 19.1. The lowest BCUT2D eigenvalue weighted by atomic mass is 9.96. The number of fused-ring (bicyclic) bond motifs is 1. The maximum absolute atomic E-state index is 13.5. The van der Waals surface area contributed by atoms with Gasteiger partial charge in [-0.15, -0.1) is 5.10 Å². The number of halogens is 1. The lowest BCUT2D eigenvalue weighted by Crippen LogP contribution is -2.37. The monoisotopic (exact) mass is 435 g/mol. The molecule has 1 atom stereocenters. The largest absolute Gasteiger partial charge is 0.492 e. The van der Waals surface area contributed by atoms with Crippen molar-refractivity contribution in [1.82, 2.24) is 25.6 Å². The summed E-state index contributed by atoms with van der Waals surface area (Å²) < 4.78 is 20.7. The number of carbonyl (C=O) groups is 2. The Morgan fingerprint density at radius 3 is 2.94 bits per heavy atom. The van der Waals surface area contributed by atoms with E-state index in [9.17, 15) is 14.0 Å². The lowest BCUT2D eigenvalue weighted by molar-refractivity contribution is -0.126. The summed E-state index contributed by atoms with van der Waals surface area (Å²) >= 11 is 0. The number of nitrogens with zero attached hydrogens (tertiary/aromatic N) is 3. The fraction of sp³-hybridized carbons (Fsp3) is 0.217. The molecule has 0 bridgehead atoms. The summed E-state index contributed by atoms with van der Waals surface area (Å²) in [7, 11) is 0. The van der Waals surface area contributed by atoms with Gasteiger partial charge in [-0.05, 0) is 54.0 Å². The van der Waals surface area contributed by atoms with Gasteiger partial charge in [0.1, 0.15) is 23.9 Å². The first-order chi connectivity index (χ1) is 15.5. The van der Waals surface area contributed by atoms with Crippen molar-refractivity contribution in [3.8, 4) is 11.4 Å². The average Bonchev–Trinajstić information content (AvgIpc) is 3.30. The third-order valence-corrected chi connectivity index (χ3v) is 5.11. The van der Waals surface area contributed by atoms with Crippen LogP contribution in [0.5, 0.6) is 5.75 Å². The van der Waals surface area contributed by atoms with E-state index in [2.05, 4.69) is 27.5 Å². The first-order valence-electron chi connectivity index (χ1n) is 10.1. The number of rotatable bonds is 7. The zero-order valence-corrected chi connectivity index (χ0v) is 17.3. The number of ether oxygens (including phenoxy) is 1. The van der Waals surface area contributed by atoms with Crippen LogP contribution >= 0.6 is 0 Å². The maximum Gasteiger partial charge on any atom is 0.243 e. The van der Waals surface area contributed by atoms with Crippen LogP contribution in [0.2, 0.25) is 0 Å². The van der Waals surface area contributed by atoms with Crippen LogP contribution in [-0.4, -0.2) is 33.4 Å². The molecule has 1 unspecified atom stereocenters. The van der Waals surface area contributed by atoms with Gasteiger partial charge in [-0.1, -0.05) is 23.9 Å². The molecule has 1 aliphatic rings. The number of carbonyl (C=O) groups excluding carboxylic acids is 2. The minimum absolute atomic E-state index is 0.147. The van der Waals surface area contributed by atoms with E-state index in [1.165, 1.54) is 18.2 Å². The average molecular weight is 435 g/mol. The van der Waals surface area contributed by atoms with Gasteiger partial charge in [-0.2, -0.15) is 0 Å². The van der Waals surface area contributed by atoms with Crippen LogP contribution in [-0.2, 0) is 29.1 Å². The molecule has 1 aromatic heterocycles. The Kier molecular flexibility index (Phi) is 6.25. The molecule has 0 spiro atoms. The third-order valence-electron chi connectivity index (χ3n) is 5.11.